The van der Waals surface area contributed by atoms with E-state index in [2.05, 4.69) is 59.8 Å². The van der Waals surface area contributed by atoms with E-state index in [4.69, 9.17) is 4.84 Å². The first kappa shape index (κ1) is 16.7. The fraction of sp³-hybridized carbons (Fsp3) is 0.474. The van der Waals surface area contributed by atoms with Gasteiger partial charge >= 0.3 is 0 Å². The van der Waals surface area contributed by atoms with Gasteiger partial charge in [-0.25, -0.2) is 0 Å². The number of nitrogens with zero attached hydrogens (tertiary/aromatic N) is 2. The quantitative estimate of drug-likeness (QED) is 0.792. The second-order valence-corrected chi connectivity index (χ2v) is 7.50. The number of hydroxylamine groups is 2. The second-order valence-electron chi connectivity index (χ2n) is 6.56. The summed E-state index contributed by atoms with van der Waals surface area (Å²) in [5.74, 6) is 0.701. The van der Waals surface area contributed by atoms with E-state index in [0.717, 1.165) is 19.6 Å². The van der Waals surface area contributed by atoms with E-state index < -0.39 is 0 Å². The number of rotatable bonds is 6. The maximum Gasteiger partial charge on any atom is 0.0935 e. The Morgan fingerprint density at radius 3 is 2.57 bits per heavy atom. The molecular formula is C19H26N2OS. The summed E-state index contributed by atoms with van der Waals surface area (Å²) < 4.78 is 0. The van der Waals surface area contributed by atoms with Gasteiger partial charge < -0.3 is 4.90 Å². The van der Waals surface area contributed by atoms with Gasteiger partial charge in [-0.3, -0.25) is 4.84 Å². The van der Waals surface area contributed by atoms with E-state index in [-0.39, 0.29) is 0 Å². The van der Waals surface area contributed by atoms with Crippen molar-refractivity contribution in [1.82, 2.24) is 9.96 Å². The van der Waals surface area contributed by atoms with Gasteiger partial charge in [0.05, 0.1) is 6.61 Å². The molecule has 2 heterocycles. The molecule has 0 N–H and O–H groups in total. The maximum absolute atomic E-state index is 5.94. The van der Waals surface area contributed by atoms with Crippen LogP contribution < -0.4 is 0 Å². The molecule has 0 aliphatic carbocycles. The van der Waals surface area contributed by atoms with Crippen LogP contribution in [0.3, 0.4) is 0 Å². The van der Waals surface area contributed by atoms with Crippen LogP contribution in [0.15, 0.2) is 41.8 Å². The Kier molecular flexibility index (Phi) is 5.84. The van der Waals surface area contributed by atoms with Crippen molar-refractivity contribution in [3.05, 3.63) is 57.8 Å². The number of hydrogen-bond acceptors (Lipinski definition) is 4. The predicted octanol–water partition coefficient (Wildman–Crippen LogP) is 4.12. The van der Waals surface area contributed by atoms with Crippen molar-refractivity contribution in [3.63, 3.8) is 0 Å². The zero-order chi connectivity index (χ0) is 16.1. The fourth-order valence-corrected chi connectivity index (χ4v) is 4.14. The molecule has 23 heavy (non-hydrogen) atoms. The van der Waals surface area contributed by atoms with E-state index in [1.165, 1.54) is 24.0 Å². The molecule has 3 nitrogen and oxygen atoms in total. The van der Waals surface area contributed by atoms with E-state index in [9.17, 15) is 0 Å². The van der Waals surface area contributed by atoms with Crippen LogP contribution in [-0.4, -0.2) is 37.1 Å². The summed E-state index contributed by atoms with van der Waals surface area (Å²) in [4.78, 5) is 9.72. The minimum absolute atomic E-state index is 0.678. The first-order chi connectivity index (χ1) is 11.2. The Labute approximate surface area is 143 Å². The molecule has 1 fully saturated rings. The highest BCUT2D eigenvalue weighted by Gasteiger charge is 2.22. The van der Waals surface area contributed by atoms with Crippen molar-refractivity contribution >= 4 is 11.3 Å². The van der Waals surface area contributed by atoms with E-state index in [1.54, 1.807) is 4.88 Å². The largest absolute Gasteiger partial charge is 0.305 e. The summed E-state index contributed by atoms with van der Waals surface area (Å²) in [6, 6.07) is 12.8. The van der Waals surface area contributed by atoms with Crippen LogP contribution in [0.4, 0.5) is 0 Å². The monoisotopic (exact) mass is 330 g/mol. The molecule has 1 aliphatic rings. The molecule has 1 saturated heterocycles. The Hall–Kier alpha value is -1.20. The topological polar surface area (TPSA) is 15.7 Å². The number of benzene rings is 1. The summed E-state index contributed by atoms with van der Waals surface area (Å²) in [5, 5.41) is 4.45. The van der Waals surface area contributed by atoms with Gasteiger partial charge in [-0.05, 0) is 55.4 Å². The lowest BCUT2D eigenvalue weighted by molar-refractivity contribution is -0.180. The average Bonchev–Trinajstić information content (AvgIpc) is 3.02. The molecule has 0 spiro atoms. The van der Waals surface area contributed by atoms with Crippen LogP contribution in [0.5, 0.6) is 0 Å². The first-order valence-corrected chi connectivity index (χ1v) is 9.22. The van der Waals surface area contributed by atoms with Crippen LogP contribution in [0.25, 0.3) is 0 Å². The van der Waals surface area contributed by atoms with Crippen molar-refractivity contribution in [1.29, 1.82) is 0 Å². The molecule has 4 heteroatoms. The van der Waals surface area contributed by atoms with Crippen LogP contribution >= 0.6 is 11.3 Å². The fourth-order valence-electron chi connectivity index (χ4n) is 3.07. The standard InChI is InChI=1S/C19H26N2OS/c1-20(2)13-17-12-19(23-15-17)18-8-10-21(11-9-18)22-14-16-6-4-3-5-7-16/h3-7,12,15,18H,8-11,13-14H2,1-2H3. The zero-order valence-corrected chi connectivity index (χ0v) is 14.9. The van der Waals surface area contributed by atoms with Crippen molar-refractivity contribution in [2.24, 2.45) is 0 Å². The SMILES string of the molecule is CN(C)Cc1csc(C2CCN(OCc3ccccc3)CC2)c1. The summed E-state index contributed by atoms with van der Waals surface area (Å²) in [5.41, 5.74) is 2.68. The zero-order valence-electron chi connectivity index (χ0n) is 14.1. The van der Waals surface area contributed by atoms with Gasteiger partial charge in [0.15, 0.2) is 0 Å². The second kappa shape index (κ2) is 8.06. The van der Waals surface area contributed by atoms with Crippen molar-refractivity contribution in [2.75, 3.05) is 27.2 Å². The molecule has 2 aromatic rings. The summed E-state index contributed by atoms with van der Waals surface area (Å²) in [6.45, 7) is 3.77. The lowest BCUT2D eigenvalue weighted by Gasteiger charge is -2.30. The normalized spacial score (nSPS) is 17.0. The molecule has 0 radical (unpaired) electrons. The highest BCUT2D eigenvalue weighted by Crippen LogP contribution is 2.32. The van der Waals surface area contributed by atoms with E-state index >= 15 is 0 Å². The van der Waals surface area contributed by atoms with E-state index in [0.29, 0.717) is 12.5 Å². The molecule has 0 atom stereocenters. The third kappa shape index (κ3) is 4.88. The van der Waals surface area contributed by atoms with Crippen LogP contribution in [0, 0.1) is 0 Å². The molecule has 1 aromatic carbocycles. The van der Waals surface area contributed by atoms with Gasteiger partial charge in [0, 0.05) is 24.5 Å². The maximum atomic E-state index is 5.94. The molecule has 3 rings (SSSR count). The molecule has 0 amide bonds. The van der Waals surface area contributed by atoms with Gasteiger partial charge in [0.25, 0.3) is 0 Å². The smallest absolute Gasteiger partial charge is 0.0935 e. The minimum Gasteiger partial charge on any atom is -0.305 e. The number of thiophene rings is 1. The van der Waals surface area contributed by atoms with Crippen LogP contribution in [-0.2, 0) is 18.0 Å². The Bertz CT molecular complexity index is 588. The van der Waals surface area contributed by atoms with Crippen molar-refractivity contribution in [2.45, 2.75) is 31.9 Å². The Morgan fingerprint density at radius 1 is 1.13 bits per heavy atom. The lowest BCUT2D eigenvalue weighted by Crippen LogP contribution is -2.32. The van der Waals surface area contributed by atoms with Crippen molar-refractivity contribution < 1.29 is 4.84 Å². The third-order valence-corrected chi connectivity index (χ3v) is 5.43. The molecule has 1 aromatic heterocycles. The van der Waals surface area contributed by atoms with Gasteiger partial charge in [0.1, 0.15) is 0 Å². The highest BCUT2D eigenvalue weighted by molar-refractivity contribution is 7.10. The summed E-state index contributed by atoms with van der Waals surface area (Å²) >= 11 is 1.92. The van der Waals surface area contributed by atoms with Crippen LogP contribution in [0.2, 0.25) is 0 Å². The van der Waals surface area contributed by atoms with Gasteiger partial charge in [0.2, 0.25) is 0 Å². The molecule has 0 saturated carbocycles. The van der Waals surface area contributed by atoms with Gasteiger partial charge in [-0.2, -0.15) is 5.06 Å². The molecule has 1 aliphatic heterocycles. The molecular weight excluding hydrogens is 304 g/mol. The molecule has 124 valence electrons. The number of hydrogen-bond donors (Lipinski definition) is 0. The van der Waals surface area contributed by atoms with E-state index in [1.807, 2.05) is 17.4 Å². The van der Waals surface area contributed by atoms with Gasteiger partial charge in [-0.1, -0.05) is 30.3 Å². The lowest BCUT2D eigenvalue weighted by atomic mass is 9.96. The Balaban J connectivity index is 1.45. The van der Waals surface area contributed by atoms with Gasteiger partial charge in [-0.15, -0.1) is 11.3 Å². The average molecular weight is 330 g/mol. The Morgan fingerprint density at radius 2 is 1.87 bits per heavy atom. The highest BCUT2D eigenvalue weighted by atomic mass is 32.1. The van der Waals surface area contributed by atoms with Crippen LogP contribution in [0.1, 0.15) is 34.8 Å². The number of piperidine rings is 1. The first-order valence-electron chi connectivity index (χ1n) is 8.34. The summed E-state index contributed by atoms with van der Waals surface area (Å²) in [6.07, 6.45) is 2.38. The molecule has 0 bridgehead atoms. The molecule has 0 unspecified atom stereocenters. The van der Waals surface area contributed by atoms with Crippen molar-refractivity contribution in [3.8, 4) is 0 Å². The summed E-state index contributed by atoms with van der Waals surface area (Å²) in [7, 11) is 4.25. The minimum atomic E-state index is 0.678. The predicted molar refractivity (Wildman–Crippen MR) is 96.5 cm³/mol. The third-order valence-electron chi connectivity index (χ3n) is 4.29.